The summed E-state index contributed by atoms with van der Waals surface area (Å²) in [7, 11) is 1.45. The maximum Gasteiger partial charge on any atom is 0.352 e. The van der Waals surface area contributed by atoms with Gasteiger partial charge in [0, 0.05) is 7.05 Å². The van der Waals surface area contributed by atoms with Gasteiger partial charge in [0.05, 0.1) is 16.8 Å². The fourth-order valence-corrected chi connectivity index (χ4v) is 3.35. The predicted molar refractivity (Wildman–Crippen MR) is 98.7 cm³/mol. The highest BCUT2D eigenvalue weighted by Gasteiger charge is 2.21. The van der Waals surface area contributed by atoms with Crippen molar-refractivity contribution < 1.29 is 0 Å². The van der Waals surface area contributed by atoms with Crippen molar-refractivity contribution in [3.63, 3.8) is 0 Å². The third kappa shape index (κ3) is 2.20. The Labute approximate surface area is 144 Å². The molecule has 0 unspecified atom stereocenters. The SMILES string of the molecule is Cc1cccc(C)c1-n1c2nc(=O)n(C)c(=O)c-2cc2ccccc21. The molecule has 2 heterocycles. The van der Waals surface area contributed by atoms with Gasteiger partial charge >= 0.3 is 5.69 Å². The van der Waals surface area contributed by atoms with E-state index >= 15 is 0 Å². The Hall–Kier alpha value is -3.21. The van der Waals surface area contributed by atoms with Crippen molar-refractivity contribution in [2.75, 3.05) is 0 Å². The van der Waals surface area contributed by atoms with Crippen LogP contribution in [0.5, 0.6) is 0 Å². The molecule has 2 aliphatic rings. The number of rotatable bonds is 1. The lowest BCUT2D eigenvalue weighted by Gasteiger charge is -2.21. The van der Waals surface area contributed by atoms with Gasteiger partial charge in [-0.3, -0.25) is 13.9 Å². The van der Waals surface area contributed by atoms with Crippen molar-refractivity contribution in [2.45, 2.75) is 13.8 Å². The number of pyridine rings is 1. The molecule has 5 nitrogen and oxygen atoms in total. The maximum atomic E-state index is 12.7. The number of hydrogen-bond acceptors (Lipinski definition) is 3. The molecule has 4 rings (SSSR count). The summed E-state index contributed by atoms with van der Waals surface area (Å²) in [6, 6.07) is 15.6. The summed E-state index contributed by atoms with van der Waals surface area (Å²) >= 11 is 0. The number of para-hydroxylation sites is 2. The first kappa shape index (κ1) is 15.3. The monoisotopic (exact) mass is 331 g/mol. The number of aryl methyl sites for hydroxylation is 2. The summed E-state index contributed by atoms with van der Waals surface area (Å²) in [4.78, 5) is 29.1. The second-order valence-electron chi connectivity index (χ2n) is 6.27. The zero-order chi connectivity index (χ0) is 17.7. The second-order valence-corrected chi connectivity index (χ2v) is 6.27. The Bertz CT molecular complexity index is 1200. The molecule has 2 aromatic rings. The van der Waals surface area contributed by atoms with Crippen LogP contribution >= 0.6 is 0 Å². The van der Waals surface area contributed by atoms with Crippen LogP contribution in [0.4, 0.5) is 0 Å². The van der Waals surface area contributed by atoms with Crippen molar-refractivity contribution in [3.05, 3.63) is 80.5 Å². The zero-order valence-corrected chi connectivity index (χ0v) is 14.3. The van der Waals surface area contributed by atoms with Gasteiger partial charge in [-0.05, 0) is 42.5 Å². The number of hydrogen-bond donors (Lipinski definition) is 0. The molecule has 0 spiro atoms. The summed E-state index contributed by atoms with van der Waals surface area (Å²) < 4.78 is 2.98. The number of fused-ring (bicyclic) bond motifs is 2. The van der Waals surface area contributed by atoms with Crippen LogP contribution in [0.25, 0.3) is 28.0 Å². The van der Waals surface area contributed by atoms with Crippen LogP contribution in [0.2, 0.25) is 0 Å². The minimum absolute atomic E-state index is 0.333. The van der Waals surface area contributed by atoms with E-state index in [1.165, 1.54) is 7.05 Å². The molecule has 0 saturated heterocycles. The Morgan fingerprint density at radius 1 is 0.920 bits per heavy atom. The second kappa shape index (κ2) is 5.41. The molecule has 0 bridgehead atoms. The zero-order valence-electron chi connectivity index (χ0n) is 14.3. The van der Waals surface area contributed by atoms with Crippen LogP contribution in [0.1, 0.15) is 11.1 Å². The predicted octanol–water partition coefficient (Wildman–Crippen LogP) is 2.81. The van der Waals surface area contributed by atoms with E-state index in [1.54, 1.807) is 0 Å². The van der Waals surface area contributed by atoms with Crippen molar-refractivity contribution in [3.8, 4) is 17.1 Å². The highest BCUT2D eigenvalue weighted by atomic mass is 16.2. The Balaban J connectivity index is 2.33. The normalized spacial score (nSPS) is 11.3. The molecular formula is C20H17N3O2. The van der Waals surface area contributed by atoms with Gasteiger partial charge in [0.15, 0.2) is 5.82 Å². The first-order valence-electron chi connectivity index (χ1n) is 8.07. The standard InChI is InChI=1S/C20H17N3O2/c1-12-7-6-8-13(2)17(12)23-16-10-5-4-9-14(16)11-15-18(23)21-20(25)22(3)19(15)24/h4-11H,1-3H3. The van der Waals surface area contributed by atoms with E-state index in [-0.39, 0.29) is 5.56 Å². The van der Waals surface area contributed by atoms with Crippen LogP contribution in [0.15, 0.2) is 58.1 Å². The van der Waals surface area contributed by atoms with Crippen molar-refractivity contribution in [2.24, 2.45) is 7.05 Å². The van der Waals surface area contributed by atoms with Crippen LogP contribution in [0, 0.1) is 13.8 Å². The molecule has 25 heavy (non-hydrogen) atoms. The van der Waals surface area contributed by atoms with Gasteiger partial charge in [0.25, 0.3) is 5.56 Å². The van der Waals surface area contributed by atoms with E-state index in [4.69, 9.17) is 0 Å². The van der Waals surface area contributed by atoms with Gasteiger partial charge in [-0.2, -0.15) is 4.98 Å². The van der Waals surface area contributed by atoms with Gasteiger partial charge in [0.2, 0.25) is 0 Å². The van der Waals surface area contributed by atoms with E-state index < -0.39 is 5.69 Å². The van der Waals surface area contributed by atoms with Crippen molar-refractivity contribution in [1.29, 1.82) is 0 Å². The fourth-order valence-electron chi connectivity index (χ4n) is 3.35. The van der Waals surface area contributed by atoms with Gasteiger partial charge in [-0.1, -0.05) is 36.4 Å². The van der Waals surface area contributed by atoms with Crippen LogP contribution in [-0.2, 0) is 7.05 Å². The smallest absolute Gasteiger partial charge is 0.293 e. The minimum Gasteiger partial charge on any atom is -0.293 e. The van der Waals surface area contributed by atoms with Crippen molar-refractivity contribution >= 4 is 10.9 Å². The summed E-state index contributed by atoms with van der Waals surface area (Å²) in [6.45, 7) is 4.03. The molecule has 5 heteroatoms. The average molecular weight is 331 g/mol. The average Bonchev–Trinajstić information content (AvgIpc) is 2.60. The third-order valence-corrected chi connectivity index (χ3v) is 4.62. The Morgan fingerprint density at radius 2 is 1.60 bits per heavy atom. The molecule has 0 radical (unpaired) electrons. The van der Waals surface area contributed by atoms with E-state index in [9.17, 15) is 9.59 Å². The third-order valence-electron chi connectivity index (χ3n) is 4.62. The molecule has 0 aliphatic carbocycles. The topological polar surface area (TPSA) is 56.9 Å². The molecule has 2 aromatic carbocycles. The fraction of sp³-hybridized carbons (Fsp3) is 0.150. The quantitative estimate of drug-likeness (QED) is 0.504. The number of aromatic nitrogens is 3. The van der Waals surface area contributed by atoms with Crippen LogP contribution < -0.4 is 11.2 Å². The maximum absolute atomic E-state index is 12.7. The van der Waals surface area contributed by atoms with E-state index in [1.807, 2.05) is 66.9 Å². The summed E-state index contributed by atoms with van der Waals surface area (Å²) in [5, 5.41) is 0.926. The molecule has 124 valence electrons. The lowest BCUT2D eigenvalue weighted by molar-refractivity contribution is 0.766. The molecule has 0 aromatic heterocycles. The molecule has 0 fully saturated rings. The largest absolute Gasteiger partial charge is 0.352 e. The first-order chi connectivity index (χ1) is 12.0. The number of nitrogens with zero attached hydrogens (tertiary/aromatic N) is 3. The molecule has 0 saturated carbocycles. The minimum atomic E-state index is -0.548. The first-order valence-corrected chi connectivity index (χ1v) is 8.07. The molecular weight excluding hydrogens is 314 g/mol. The Morgan fingerprint density at radius 3 is 2.32 bits per heavy atom. The molecule has 2 aliphatic heterocycles. The lowest BCUT2D eigenvalue weighted by atomic mass is 10.0. The molecule has 0 atom stereocenters. The van der Waals surface area contributed by atoms with E-state index in [0.29, 0.717) is 11.4 Å². The molecule has 0 amide bonds. The van der Waals surface area contributed by atoms with Crippen molar-refractivity contribution in [1.82, 2.24) is 14.1 Å². The van der Waals surface area contributed by atoms with Gasteiger partial charge < -0.3 is 0 Å². The van der Waals surface area contributed by atoms with E-state index in [2.05, 4.69) is 4.98 Å². The van der Waals surface area contributed by atoms with Crippen LogP contribution in [0.3, 0.4) is 0 Å². The van der Waals surface area contributed by atoms with E-state index in [0.717, 1.165) is 32.3 Å². The highest BCUT2D eigenvalue weighted by Crippen LogP contribution is 2.30. The summed E-state index contributed by atoms with van der Waals surface area (Å²) in [5.41, 5.74) is 3.52. The Kier molecular flexibility index (Phi) is 3.32. The van der Waals surface area contributed by atoms with Gasteiger partial charge in [-0.15, -0.1) is 0 Å². The highest BCUT2D eigenvalue weighted by molar-refractivity contribution is 5.87. The molecule has 0 N–H and O–H groups in total. The number of benzene rings is 2. The van der Waals surface area contributed by atoms with Gasteiger partial charge in [-0.25, -0.2) is 4.79 Å². The van der Waals surface area contributed by atoms with Gasteiger partial charge in [0.1, 0.15) is 0 Å². The van der Waals surface area contributed by atoms with Crippen LogP contribution in [-0.4, -0.2) is 14.1 Å². The summed E-state index contributed by atoms with van der Waals surface area (Å²) in [6.07, 6.45) is 0. The summed E-state index contributed by atoms with van der Waals surface area (Å²) in [5.74, 6) is 0.393. The lowest BCUT2D eigenvalue weighted by Crippen LogP contribution is -2.35.